The van der Waals surface area contributed by atoms with Crippen molar-refractivity contribution in [1.29, 1.82) is 0 Å². The molecule has 0 radical (unpaired) electrons. The van der Waals surface area contributed by atoms with Crippen LogP contribution in [0.15, 0.2) is 56.1 Å². The van der Waals surface area contributed by atoms with Gasteiger partial charge in [-0.1, -0.05) is 12.1 Å². The summed E-state index contributed by atoms with van der Waals surface area (Å²) in [6, 6.07) is 10.7. The van der Waals surface area contributed by atoms with Crippen molar-refractivity contribution >= 4 is 33.7 Å². The summed E-state index contributed by atoms with van der Waals surface area (Å²) in [5.74, 6) is -0.0599. The number of non-ortho nitro benzene ring substituents is 1. The number of furan rings is 1. The van der Waals surface area contributed by atoms with E-state index in [1.165, 1.54) is 12.1 Å². The molecule has 0 aliphatic carbocycles. The number of rotatable bonds is 7. The zero-order chi connectivity index (χ0) is 22.1. The Morgan fingerprint density at radius 2 is 2.06 bits per heavy atom. The Hall–Kier alpha value is -4.08. The number of aromatic nitrogens is 1. The molecule has 1 unspecified atom stereocenters. The molecule has 0 aliphatic heterocycles. The maximum Gasteiger partial charge on any atom is 0.420 e. The van der Waals surface area contributed by atoms with Gasteiger partial charge in [0, 0.05) is 11.5 Å². The lowest BCUT2D eigenvalue weighted by molar-refractivity contribution is -0.384. The van der Waals surface area contributed by atoms with E-state index in [0.717, 1.165) is 16.0 Å². The summed E-state index contributed by atoms with van der Waals surface area (Å²) < 4.78 is 17.6. The fourth-order valence-corrected chi connectivity index (χ4v) is 3.36. The molecule has 1 amide bonds. The molecule has 4 aromatic rings. The number of fused-ring (bicyclic) bond motifs is 2. The molecule has 0 saturated heterocycles. The maximum absolute atomic E-state index is 12.6. The lowest BCUT2D eigenvalue weighted by atomic mass is 10.2. The van der Waals surface area contributed by atoms with Crippen LogP contribution in [0.5, 0.6) is 5.75 Å². The molecule has 10 nitrogen and oxygen atoms in total. The standard InChI is InChI=1S/C21H19N3O7/c1-3-29-16-6-4-5-13-9-17(30-20(13)16)12(2)22-19(25)11-23-15-8-7-14(24(27)28)10-18(15)31-21(23)26/h4-10,12H,3,11H2,1-2H3,(H,22,25). The quantitative estimate of drug-likeness (QED) is 0.354. The zero-order valence-corrected chi connectivity index (χ0v) is 16.8. The summed E-state index contributed by atoms with van der Waals surface area (Å²) in [6.07, 6.45) is 0. The second-order valence-electron chi connectivity index (χ2n) is 6.91. The van der Waals surface area contributed by atoms with Gasteiger partial charge in [-0.15, -0.1) is 0 Å². The number of carbonyl (C=O) groups excluding carboxylic acids is 1. The molecule has 1 N–H and O–H groups in total. The second-order valence-corrected chi connectivity index (χ2v) is 6.91. The molecule has 0 bridgehead atoms. The van der Waals surface area contributed by atoms with Crippen LogP contribution in [0, 0.1) is 10.1 Å². The van der Waals surface area contributed by atoms with Gasteiger partial charge in [0.25, 0.3) is 5.69 Å². The molecule has 4 rings (SSSR count). The zero-order valence-electron chi connectivity index (χ0n) is 16.8. The Bertz CT molecular complexity index is 1350. The van der Waals surface area contributed by atoms with E-state index in [0.29, 0.717) is 29.2 Å². The lowest BCUT2D eigenvalue weighted by Crippen LogP contribution is -2.32. The number of nitro groups is 1. The van der Waals surface area contributed by atoms with Crippen LogP contribution < -0.4 is 15.8 Å². The summed E-state index contributed by atoms with van der Waals surface area (Å²) in [6.45, 7) is 3.83. The van der Waals surface area contributed by atoms with Crippen LogP contribution in [0.3, 0.4) is 0 Å². The van der Waals surface area contributed by atoms with Crippen molar-refractivity contribution in [3.63, 3.8) is 0 Å². The molecule has 1 atom stereocenters. The van der Waals surface area contributed by atoms with Crippen molar-refractivity contribution in [2.75, 3.05) is 6.61 Å². The average Bonchev–Trinajstić information content (AvgIpc) is 3.30. The SMILES string of the molecule is CCOc1cccc2cc(C(C)NC(=O)Cn3c(=O)oc4cc([N+](=O)[O-])ccc43)oc12. The van der Waals surface area contributed by atoms with Gasteiger partial charge in [0.15, 0.2) is 16.9 Å². The minimum Gasteiger partial charge on any atom is -0.490 e. The summed E-state index contributed by atoms with van der Waals surface area (Å²) >= 11 is 0. The number of carbonyl (C=O) groups is 1. The van der Waals surface area contributed by atoms with Crippen molar-refractivity contribution in [2.45, 2.75) is 26.4 Å². The van der Waals surface area contributed by atoms with Gasteiger partial charge < -0.3 is 18.9 Å². The van der Waals surface area contributed by atoms with Crippen LogP contribution in [0.4, 0.5) is 5.69 Å². The first-order chi connectivity index (χ1) is 14.9. The number of para-hydroxylation sites is 1. The Balaban J connectivity index is 1.53. The molecule has 10 heteroatoms. The summed E-state index contributed by atoms with van der Waals surface area (Å²) in [7, 11) is 0. The topological polar surface area (TPSA) is 130 Å². The van der Waals surface area contributed by atoms with E-state index in [-0.39, 0.29) is 17.8 Å². The number of benzene rings is 2. The van der Waals surface area contributed by atoms with Gasteiger partial charge in [-0.05, 0) is 32.0 Å². The number of ether oxygens (including phenoxy) is 1. The Morgan fingerprint density at radius 1 is 1.26 bits per heavy atom. The second kappa shape index (κ2) is 7.98. The number of nitrogens with one attached hydrogen (secondary N) is 1. The molecular formula is C21H19N3O7. The van der Waals surface area contributed by atoms with E-state index in [9.17, 15) is 19.7 Å². The minimum absolute atomic E-state index is 0.0424. The Labute approximate surface area is 175 Å². The number of nitrogens with zero attached hydrogens (tertiary/aromatic N) is 2. The monoisotopic (exact) mass is 425 g/mol. The van der Waals surface area contributed by atoms with Gasteiger partial charge in [0.2, 0.25) is 5.91 Å². The van der Waals surface area contributed by atoms with Crippen LogP contribution in [-0.4, -0.2) is 22.0 Å². The first kappa shape index (κ1) is 20.2. The molecule has 0 fully saturated rings. The van der Waals surface area contributed by atoms with Crippen molar-refractivity contribution in [3.8, 4) is 5.75 Å². The summed E-state index contributed by atoms with van der Waals surface area (Å²) in [4.78, 5) is 35.0. The molecule has 0 spiro atoms. The number of oxazole rings is 1. The molecule has 160 valence electrons. The van der Waals surface area contributed by atoms with E-state index in [1.807, 2.05) is 31.2 Å². The highest BCUT2D eigenvalue weighted by atomic mass is 16.6. The highest BCUT2D eigenvalue weighted by Crippen LogP contribution is 2.31. The van der Waals surface area contributed by atoms with Gasteiger partial charge in [-0.2, -0.15) is 0 Å². The Morgan fingerprint density at radius 3 is 2.81 bits per heavy atom. The highest BCUT2D eigenvalue weighted by molar-refractivity contribution is 5.84. The van der Waals surface area contributed by atoms with Gasteiger partial charge in [-0.3, -0.25) is 19.5 Å². The largest absolute Gasteiger partial charge is 0.490 e. The lowest BCUT2D eigenvalue weighted by Gasteiger charge is -2.11. The number of hydrogen-bond acceptors (Lipinski definition) is 7. The first-order valence-electron chi connectivity index (χ1n) is 9.59. The molecule has 0 saturated carbocycles. The van der Waals surface area contributed by atoms with Crippen molar-refractivity contribution < 1.29 is 23.3 Å². The fraction of sp³-hybridized carbons (Fsp3) is 0.238. The van der Waals surface area contributed by atoms with Crippen LogP contribution in [0.25, 0.3) is 22.1 Å². The summed E-state index contributed by atoms with van der Waals surface area (Å²) in [5.41, 5.74) is 0.728. The molecule has 0 aliphatic rings. The molecular weight excluding hydrogens is 406 g/mol. The van der Waals surface area contributed by atoms with Crippen molar-refractivity contribution in [3.05, 3.63) is 68.9 Å². The number of nitro benzene ring substituents is 1. The predicted octanol–water partition coefficient (Wildman–Crippen LogP) is 3.53. The van der Waals surface area contributed by atoms with Crippen LogP contribution in [0.2, 0.25) is 0 Å². The fourth-order valence-electron chi connectivity index (χ4n) is 3.36. The predicted molar refractivity (Wildman–Crippen MR) is 111 cm³/mol. The van der Waals surface area contributed by atoms with E-state index in [1.54, 1.807) is 6.92 Å². The number of hydrogen-bond donors (Lipinski definition) is 1. The van der Waals surface area contributed by atoms with Crippen molar-refractivity contribution in [1.82, 2.24) is 9.88 Å². The van der Waals surface area contributed by atoms with Gasteiger partial charge >= 0.3 is 5.76 Å². The number of amides is 1. The highest BCUT2D eigenvalue weighted by Gasteiger charge is 2.19. The smallest absolute Gasteiger partial charge is 0.420 e. The summed E-state index contributed by atoms with van der Waals surface area (Å²) in [5, 5.41) is 14.5. The van der Waals surface area contributed by atoms with Crippen molar-refractivity contribution in [2.24, 2.45) is 0 Å². The molecule has 31 heavy (non-hydrogen) atoms. The Kier molecular flexibility index (Phi) is 5.20. The van der Waals surface area contributed by atoms with Gasteiger partial charge in [0.1, 0.15) is 12.3 Å². The van der Waals surface area contributed by atoms with E-state index < -0.39 is 22.6 Å². The molecule has 2 heterocycles. The molecule has 2 aromatic heterocycles. The normalized spacial score (nSPS) is 12.2. The maximum atomic E-state index is 12.6. The first-order valence-corrected chi connectivity index (χ1v) is 9.59. The van der Waals surface area contributed by atoms with Gasteiger partial charge in [0.05, 0.1) is 29.2 Å². The van der Waals surface area contributed by atoms with Gasteiger partial charge in [-0.25, -0.2) is 4.79 Å². The third kappa shape index (κ3) is 3.87. The van der Waals surface area contributed by atoms with Crippen LogP contribution in [-0.2, 0) is 11.3 Å². The van der Waals surface area contributed by atoms with E-state index >= 15 is 0 Å². The minimum atomic E-state index is -0.775. The van der Waals surface area contributed by atoms with E-state index in [2.05, 4.69) is 5.32 Å². The molecule has 2 aromatic carbocycles. The van der Waals surface area contributed by atoms with Crippen LogP contribution in [0.1, 0.15) is 25.6 Å². The van der Waals surface area contributed by atoms with Crippen LogP contribution >= 0.6 is 0 Å². The van der Waals surface area contributed by atoms with E-state index in [4.69, 9.17) is 13.6 Å². The average molecular weight is 425 g/mol. The third-order valence-corrected chi connectivity index (χ3v) is 4.80. The third-order valence-electron chi connectivity index (χ3n) is 4.80.